The zero-order valence-corrected chi connectivity index (χ0v) is 8.90. The van der Waals surface area contributed by atoms with Gasteiger partial charge in [-0.05, 0) is 13.5 Å². The zero-order chi connectivity index (χ0) is 11.9. The van der Waals surface area contributed by atoms with E-state index in [0.29, 0.717) is 13.0 Å². The van der Waals surface area contributed by atoms with Crippen LogP contribution in [0.15, 0.2) is 0 Å². The van der Waals surface area contributed by atoms with Crippen LogP contribution in [0.2, 0.25) is 0 Å². The van der Waals surface area contributed by atoms with Crippen molar-refractivity contribution in [2.45, 2.75) is 38.2 Å². The Labute approximate surface area is 87.0 Å². The maximum atomic E-state index is 12.5. The van der Waals surface area contributed by atoms with Gasteiger partial charge in [0.05, 0.1) is 6.10 Å². The Morgan fingerprint density at radius 3 is 2.33 bits per heavy atom. The molecule has 0 saturated carbocycles. The molecule has 0 amide bonds. The molecular weight excluding hydrogens is 214 g/mol. The van der Waals surface area contributed by atoms with Gasteiger partial charge >= 0.3 is 12.3 Å². The first-order chi connectivity index (χ1) is 6.94. The van der Waals surface area contributed by atoms with E-state index in [1.165, 1.54) is 0 Å². The second kappa shape index (κ2) is 7.00. The smallest absolute Gasteiger partial charge is 0.330 e. The number of halogens is 4. The van der Waals surface area contributed by atoms with Crippen molar-refractivity contribution in [1.29, 1.82) is 0 Å². The summed E-state index contributed by atoms with van der Waals surface area (Å²) in [5.74, 6) is -4.06. The molecule has 2 nitrogen and oxygen atoms in total. The lowest BCUT2D eigenvalue weighted by Gasteiger charge is -2.21. The largest absolute Gasteiger partial charge is 0.370 e. The second-order valence-corrected chi connectivity index (χ2v) is 3.34. The predicted molar refractivity (Wildman–Crippen MR) is 49.5 cm³/mol. The van der Waals surface area contributed by atoms with Crippen LogP contribution in [0.1, 0.15) is 19.8 Å². The minimum atomic E-state index is -4.06. The molecule has 0 bridgehead atoms. The quantitative estimate of drug-likeness (QED) is 0.647. The van der Waals surface area contributed by atoms with Gasteiger partial charge in [0.15, 0.2) is 0 Å². The Kier molecular flexibility index (Phi) is 6.84. The van der Waals surface area contributed by atoms with Crippen molar-refractivity contribution >= 4 is 0 Å². The van der Waals surface area contributed by atoms with Gasteiger partial charge < -0.3 is 10.1 Å². The van der Waals surface area contributed by atoms with Gasteiger partial charge in [0.1, 0.15) is 6.61 Å². The molecule has 0 aliphatic rings. The first kappa shape index (κ1) is 14.6. The van der Waals surface area contributed by atoms with Crippen LogP contribution < -0.4 is 5.32 Å². The normalized spacial score (nSPS) is 14.6. The molecule has 0 rings (SSSR count). The summed E-state index contributed by atoms with van der Waals surface area (Å²) < 4.78 is 53.3. The van der Waals surface area contributed by atoms with Gasteiger partial charge in [-0.25, -0.2) is 8.78 Å². The predicted octanol–water partition coefficient (Wildman–Crippen LogP) is 2.29. The van der Waals surface area contributed by atoms with Crippen LogP contribution in [-0.4, -0.2) is 38.7 Å². The van der Waals surface area contributed by atoms with E-state index in [2.05, 4.69) is 5.32 Å². The van der Waals surface area contributed by atoms with Crippen LogP contribution in [0, 0.1) is 0 Å². The van der Waals surface area contributed by atoms with Crippen molar-refractivity contribution in [3.05, 3.63) is 0 Å². The summed E-state index contributed by atoms with van der Waals surface area (Å²) in [4.78, 5) is 0. The van der Waals surface area contributed by atoms with Crippen molar-refractivity contribution < 1.29 is 22.3 Å². The molecule has 0 aromatic carbocycles. The van der Waals surface area contributed by atoms with Crippen LogP contribution in [0.25, 0.3) is 0 Å². The fraction of sp³-hybridized carbons (Fsp3) is 1.00. The van der Waals surface area contributed by atoms with Gasteiger partial charge in [0.25, 0.3) is 0 Å². The molecular formula is C9H17F4NO. The van der Waals surface area contributed by atoms with E-state index < -0.39 is 25.1 Å². The first-order valence-corrected chi connectivity index (χ1v) is 4.86. The Morgan fingerprint density at radius 2 is 1.93 bits per heavy atom. The third-order valence-electron chi connectivity index (χ3n) is 1.87. The summed E-state index contributed by atoms with van der Waals surface area (Å²) in [6.07, 6.45) is -2.79. The van der Waals surface area contributed by atoms with E-state index in [9.17, 15) is 17.6 Å². The maximum absolute atomic E-state index is 12.5. The van der Waals surface area contributed by atoms with Gasteiger partial charge in [-0.1, -0.05) is 13.3 Å². The van der Waals surface area contributed by atoms with Crippen molar-refractivity contribution in [1.82, 2.24) is 5.32 Å². The first-order valence-electron chi connectivity index (χ1n) is 4.86. The van der Waals surface area contributed by atoms with E-state index in [1.54, 1.807) is 7.05 Å². The molecule has 0 fully saturated rings. The number of hydrogen-bond acceptors (Lipinski definition) is 2. The Balaban J connectivity index is 3.97. The summed E-state index contributed by atoms with van der Waals surface area (Å²) in [5, 5.41) is 2.76. The highest BCUT2D eigenvalue weighted by Gasteiger charge is 2.41. The highest BCUT2D eigenvalue weighted by molar-refractivity contribution is 4.70. The minimum absolute atomic E-state index is 0.382. The molecule has 0 spiro atoms. The van der Waals surface area contributed by atoms with Crippen LogP contribution in [-0.2, 0) is 4.74 Å². The van der Waals surface area contributed by atoms with Crippen molar-refractivity contribution in [2.24, 2.45) is 0 Å². The van der Waals surface area contributed by atoms with Gasteiger partial charge in [0, 0.05) is 6.54 Å². The fourth-order valence-corrected chi connectivity index (χ4v) is 1.09. The molecule has 1 unspecified atom stereocenters. The number of ether oxygens (including phenoxy) is 1. The number of hydrogen-bond donors (Lipinski definition) is 1. The molecule has 0 aliphatic heterocycles. The molecule has 0 aromatic heterocycles. The summed E-state index contributed by atoms with van der Waals surface area (Å²) in [6.45, 7) is 1.03. The van der Waals surface area contributed by atoms with Crippen LogP contribution in [0.3, 0.4) is 0 Å². The molecule has 0 radical (unpaired) electrons. The van der Waals surface area contributed by atoms with E-state index in [-0.39, 0.29) is 0 Å². The highest BCUT2D eigenvalue weighted by Crippen LogP contribution is 2.23. The molecule has 1 atom stereocenters. The van der Waals surface area contributed by atoms with Gasteiger partial charge in [-0.3, -0.25) is 0 Å². The monoisotopic (exact) mass is 231 g/mol. The van der Waals surface area contributed by atoms with E-state index in [1.807, 2.05) is 6.92 Å². The van der Waals surface area contributed by atoms with Gasteiger partial charge in [-0.15, -0.1) is 0 Å². The molecule has 0 aromatic rings. The summed E-state index contributed by atoms with van der Waals surface area (Å²) in [6, 6.07) is 0. The molecule has 15 heavy (non-hydrogen) atoms. The minimum Gasteiger partial charge on any atom is -0.370 e. The lowest BCUT2D eigenvalue weighted by atomic mass is 10.2. The van der Waals surface area contributed by atoms with Crippen molar-refractivity contribution in [3.63, 3.8) is 0 Å². The molecule has 92 valence electrons. The SMILES string of the molecule is CCCC(CNC)OCC(F)(F)C(F)F. The molecule has 0 saturated heterocycles. The summed E-state index contributed by atoms with van der Waals surface area (Å²) in [7, 11) is 1.65. The average molecular weight is 231 g/mol. The highest BCUT2D eigenvalue weighted by atomic mass is 19.3. The Morgan fingerprint density at radius 1 is 1.33 bits per heavy atom. The summed E-state index contributed by atoms with van der Waals surface area (Å²) >= 11 is 0. The maximum Gasteiger partial charge on any atom is 0.330 e. The topological polar surface area (TPSA) is 21.3 Å². The lowest BCUT2D eigenvalue weighted by Crippen LogP contribution is -2.36. The van der Waals surface area contributed by atoms with Gasteiger partial charge in [-0.2, -0.15) is 8.78 Å². The lowest BCUT2D eigenvalue weighted by molar-refractivity contribution is -0.176. The standard InChI is InChI=1S/C9H17F4NO/c1-3-4-7(5-14-2)15-6-9(12,13)8(10)11/h7-8,14H,3-6H2,1-2H3. The molecule has 0 heterocycles. The Bertz CT molecular complexity index is 160. The third kappa shape index (κ3) is 5.94. The average Bonchev–Trinajstić information content (AvgIpc) is 2.15. The number of likely N-dealkylation sites (N-methyl/N-ethyl adjacent to an activating group) is 1. The number of nitrogens with one attached hydrogen (secondary N) is 1. The molecule has 1 N–H and O–H groups in total. The van der Waals surface area contributed by atoms with Crippen LogP contribution in [0.4, 0.5) is 17.6 Å². The second-order valence-electron chi connectivity index (χ2n) is 3.34. The number of alkyl halides is 4. The van der Waals surface area contributed by atoms with Crippen molar-refractivity contribution in [3.8, 4) is 0 Å². The molecule has 0 aliphatic carbocycles. The Hall–Kier alpha value is -0.360. The summed E-state index contributed by atoms with van der Waals surface area (Å²) in [5.41, 5.74) is 0. The molecule has 6 heteroatoms. The van der Waals surface area contributed by atoms with Crippen LogP contribution >= 0.6 is 0 Å². The van der Waals surface area contributed by atoms with E-state index in [0.717, 1.165) is 6.42 Å². The van der Waals surface area contributed by atoms with E-state index >= 15 is 0 Å². The zero-order valence-electron chi connectivity index (χ0n) is 8.90. The number of rotatable bonds is 8. The van der Waals surface area contributed by atoms with E-state index in [4.69, 9.17) is 4.74 Å². The van der Waals surface area contributed by atoms with Gasteiger partial charge in [0.2, 0.25) is 0 Å². The van der Waals surface area contributed by atoms with Crippen LogP contribution in [0.5, 0.6) is 0 Å². The fourth-order valence-electron chi connectivity index (χ4n) is 1.09. The van der Waals surface area contributed by atoms with Crippen molar-refractivity contribution in [2.75, 3.05) is 20.2 Å². The third-order valence-corrected chi connectivity index (χ3v) is 1.87.